The summed E-state index contributed by atoms with van der Waals surface area (Å²) >= 11 is 1.31. The first kappa shape index (κ1) is 14.9. The summed E-state index contributed by atoms with van der Waals surface area (Å²) < 4.78 is 15.9. The van der Waals surface area contributed by atoms with Crippen LogP contribution in [-0.4, -0.2) is 35.9 Å². The van der Waals surface area contributed by atoms with E-state index in [1.807, 2.05) is 0 Å². The first-order valence-corrected chi connectivity index (χ1v) is 7.82. The molecule has 0 N–H and O–H groups in total. The molecule has 6 heteroatoms. The van der Waals surface area contributed by atoms with Crippen LogP contribution in [0.15, 0.2) is 0 Å². The summed E-state index contributed by atoms with van der Waals surface area (Å²) in [6.45, 7) is 0. The van der Waals surface area contributed by atoms with Crippen LogP contribution < -0.4 is 0 Å². The Morgan fingerprint density at radius 1 is 1.07 bits per heavy atom. The van der Waals surface area contributed by atoms with Crippen molar-refractivity contribution < 1.29 is 13.3 Å². The van der Waals surface area contributed by atoms with Crippen LogP contribution in [0.2, 0.25) is 6.04 Å². The number of rotatable bonds is 9. The van der Waals surface area contributed by atoms with Gasteiger partial charge in [0, 0.05) is 33.1 Å². The zero-order valence-electron chi connectivity index (χ0n) is 9.62. The highest BCUT2D eigenvalue weighted by atomic mass is 32.2. The molecular weight excluding hydrogens is 230 g/mol. The van der Waals surface area contributed by atoms with Gasteiger partial charge in [-0.2, -0.15) is 5.26 Å². The maximum Gasteiger partial charge on any atom is 0.500 e. The second-order valence-corrected chi connectivity index (χ2v) is 7.02. The molecule has 4 nitrogen and oxygen atoms in total. The van der Waals surface area contributed by atoms with E-state index < -0.39 is 8.80 Å². The highest BCUT2D eigenvalue weighted by Gasteiger charge is 2.36. The summed E-state index contributed by atoms with van der Waals surface area (Å²) in [5.74, 6) is 0.901. The van der Waals surface area contributed by atoms with E-state index in [0.29, 0.717) is 0 Å². The molecule has 0 fully saturated rings. The molecular formula is C9H19NO3SSi. The van der Waals surface area contributed by atoms with E-state index in [1.54, 1.807) is 21.3 Å². The van der Waals surface area contributed by atoms with Crippen LogP contribution in [0.5, 0.6) is 0 Å². The quantitative estimate of drug-likeness (QED) is 0.356. The van der Waals surface area contributed by atoms with Crippen molar-refractivity contribution in [2.75, 3.05) is 27.1 Å². The highest BCUT2D eigenvalue weighted by Crippen LogP contribution is 2.17. The van der Waals surface area contributed by atoms with Gasteiger partial charge in [0.15, 0.2) is 0 Å². The van der Waals surface area contributed by atoms with Crippen molar-refractivity contribution in [3.63, 3.8) is 0 Å². The van der Waals surface area contributed by atoms with Crippen molar-refractivity contribution in [2.45, 2.75) is 25.3 Å². The Hall–Kier alpha value is -0.0631. The summed E-state index contributed by atoms with van der Waals surface area (Å²) in [5.41, 5.74) is 0. The average Bonchev–Trinajstić information content (AvgIpc) is 2.29. The van der Waals surface area contributed by atoms with E-state index in [4.69, 9.17) is 18.5 Å². The van der Waals surface area contributed by atoms with E-state index in [2.05, 4.69) is 5.40 Å². The van der Waals surface area contributed by atoms with Crippen molar-refractivity contribution in [1.29, 1.82) is 5.26 Å². The fraction of sp³-hybridized carbons (Fsp3) is 0.889. The maximum atomic E-state index is 8.33. The third-order valence-electron chi connectivity index (χ3n) is 2.23. The molecule has 0 radical (unpaired) electrons. The van der Waals surface area contributed by atoms with Crippen LogP contribution in [0.4, 0.5) is 0 Å². The van der Waals surface area contributed by atoms with Gasteiger partial charge in [-0.05, 0) is 24.6 Å². The minimum atomic E-state index is -2.36. The van der Waals surface area contributed by atoms with Crippen LogP contribution in [0, 0.1) is 10.7 Å². The number of thiocyanates is 1. The lowest BCUT2D eigenvalue weighted by Crippen LogP contribution is -2.42. The Morgan fingerprint density at radius 3 is 2.13 bits per heavy atom. The molecule has 0 spiro atoms. The van der Waals surface area contributed by atoms with Gasteiger partial charge in [-0.25, -0.2) is 0 Å². The molecule has 0 aromatic heterocycles. The second kappa shape index (κ2) is 9.18. The van der Waals surface area contributed by atoms with E-state index in [1.165, 1.54) is 11.8 Å². The minimum Gasteiger partial charge on any atom is -0.377 e. The molecule has 88 valence electrons. The van der Waals surface area contributed by atoms with Gasteiger partial charge in [0.1, 0.15) is 5.40 Å². The molecule has 0 aliphatic rings. The summed E-state index contributed by atoms with van der Waals surface area (Å²) in [5, 5.41) is 10.4. The molecule has 0 aliphatic heterocycles. The Bertz CT molecular complexity index is 186. The number of hydrogen-bond acceptors (Lipinski definition) is 5. The van der Waals surface area contributed by atoms with E-state index >= 15 is 0 Å². The number of hydrogen-bond donors (Lipinski definition) is 0. The van der Waals surface area contributed by atoms with Gasteiger partial charge >= 0.3 is 8.80 Å². The summed E-state index contributed by atoms with van der Waals surface area (Å²) in [6.07, 6.45) is 3.16. The fourth-order valence-electron chi connectivity index (χ4n) is 1.29. The standard InChI is InChI=1S/C9H19NO3SSi/c1-11-15(12-2,13-3)8-6-4-5-7-14-9-10/h4-8H2,1-3H3. The summed E-state index contributed by atoms with van der Waals surface area (Å²) in [7, 11) is 2.53. The van der Waals surface area contributed by atoms with E-state index in [-0.39, 0.29) is 0 Å². The molecule has 0 rings (SSSR count). The molecule has 0 heterocycles. The minimum absolute atomic E-state index is 0.841. The van der Waals surface area contributed by atoms with Gasteiger partial charge in [0.2, 0.25) is 0 Å². The largest absolute Gasteiger partial charge is 0.500 e. The van der Waals surface area contributed by atoms with Crippen molar-refractivity contribution >= 4 is 20.6 Å². The zero-order valence-corrected chi connectivity index (χ0v) is 11.4. The lowest BCUT2D eigenvalue weighted by atomic mass is 10.3. The maximum absolute atomic E-state index is 8.33. The van der Waals surface area contributed by atoms with Crippen molar-refractivity contribution in [3.05, 3.63) is 0 Å². The molecule has 0 unspecified atom stereocenters. The Morgan fingerprint density at radius 2 is 1.67 bits per heavy atom. The molecule has 15 heavy (non-hydrogen) atoms. The lowest BCUT2D eigenvalue weighted by molar-refractivity contribution is 0.123. The molecule has 0 saturated carbocycles. The number of thioether (sulfide) groups is 1. The van der Waals surface area contributed by atoms with Crippen LogP contribution in [0.3, 0.4) is 0 Å². The molecule has 0 aromatic rings. The lowest BCUT2D eigenvalue weighted by Gasteiger charge is -2.24. The van der Waals surface area contributed by atoms with Crippen LogP contribution in [-0.2, 0) is 13.3 Å². The first-order valence-electron chi connectivity index (χ1n) is 4.91. The molecule has 0 saturated heterocycles. The van der Waals surface area contributed by atoms with Crippen molar-refractivity contribution in [2.24, 2.45) is 0 Å². The van der Waals surface area contributed by atoms with Gasteiger partial charge in [0.05, 0.1) is 0 Å². The van der Waals surface area contributed by atoms with Crippen LogP contribution in [0.1, 0.15) is 19.3 Å². The SMILES string of the molecule is CO[Si](CCCCCSC#N)(OC)OC. The Balaban J connectivity index is 3.59. The smallest absolute Gasteiger partial charge is 0.377 e. The molecule has 0 bridgehead atoms. The van der Waals surface area contributed by atoms with E-state index in [9.17, 15) is 0 Å². The average molecular weight is 249 g/mol. The third-order valence-corrected chi connectivity index (χ3v) is 5.68. The van der Waals surface area contributed by atoms with Gasteiger partial charge in [-0.1, -0.05) is 6.42 Å². The van der Waals surface area contributed by atoms with Gasteiger partial charge in [-0.3, -0.25) is 0 Å². The van der Waals surface area contributed by atoms with Gasteiger partial charge in [-0.15, -0.1) is 0 Å². The molecule has 0 atom stereocenters. The zero-order chi connectivity index (χ0) is 11.6. The molecule has 0 aliphatic carbocycles. The summed E-state index contributed by atoms with van der Waals surface area (Å²) in [6, 6.07) is 0.841. The predicted molar refractivity (Wildman–Crippen MR) is 63.5 cm³/mol. The number of nitriles is 1. The number of nitrogens with zero attached hydrogens (tertiary/aromatic N) is 1. The first-order chi connectivity index (χ1) is 7.24. The van der Waals surface area contributed by atoms with Crippen molar-refractivity contribution in [1.82, 2.24) is 0 Å². The summed E-state index contributed by atoms with van der Waals surface area (Å²) in [4.78, 5) is 0. The topological polar surface area (TPSA) is 51.5 Å². The third kappa shape index (κ3) is 6.17. The van der Waals surface area contributed by atoms with Gasteiger partial charge < -0.3 is 13.3 Å². The molecule has 0 aromatic carbocycles. The van der Waals surface area contributed by atoms with E-state index in [0.717, 1.165) is 31.1 Å². The normalized spacial score (nSPS) is 11.3. The predicted octanol–water partition coefficient (Wildman–Crippen LogP) is 2.25. The number of unbranched alkanes of at least 4 members (excludes halogenated alkanes) is 2. The fourth-order valence-corrected chi connectivity index (χ4v) is 3.53. The monoisotopic (exact) mass is 249 g/mol. The Kier molecular flexibility index (Phi) is 9.15. The Labute approximate surface area is 97.3 Å². The molecule has 0 amide bonds. The van der Waals surface area contributed by atoms with Crippen LogP contribution in [0.25, 0.3) is 0 Å². The van der Waals surface area contributed by atoms with Crippen LogP contribution >= 0.6 is 11.8 Å². The van der Waals surface area contributed by atoms with Gasteiger partial charge in [0.25, 0.3) is 0 Å². The second-order valence-electron chi connectivity index (χ2n) is 3.05. The highest BCUT2D eigenvalue weighted by molar-refractivity contribution is 8.03. The van der Waals surface area contributed by atoms with Crippen molar-refractivity contribution in [3.8, 4) is 5.40 Å².